The van der Waals surface area contributed by atoms with E-state index in [0.29, 0.717) is 6.54 Å². The normalized spacial score (nSPS) is 18.2. The quantitative estimate of drug-likeness (QED) is 0.807. The van der Waals surface area contributed by atoms with Crippen LogP contribution in [0.5, 0.6) is 0 Å². The standard InChI is InChI=1S/C20H29N3O2/c24-19(20(25)22-17-6-2-3-7-17)21-13-12-16-8-10-18(11-9-16)23-14-4-1-5-15-23/h8-11,17H,1-7,12-15H2,(H,21,24)(H,22,25). The van der Waals surface area contributed by atoms with E-state index >= 15 is 0 Å². The second kappa shape index (κ2) is 8.88. The molecule has 2 N–H and O–H groups in total. The van der Waals surface area contributed by atoms with Gasteiger partial charge in [-0.3, -0.25) is 9.59 Å². The Bertz CT molecular complexity index is 573. The Hall–Kier alpha value is -2.04. The van der Waals surface area contributed by atoms with Crippen molar-refractivity contribution in [2.45, 2.75) is 57.4 Å². The van der Waals surface area contributed by atoms with Gasteiger partial charge in [-0.2, -0.15) is 0 Å². The molecule has 5 heteroatoms. The molecule has 0 bridgehead atoms. The predicted molar refractivity (Wildman–Crippen MR) is 99.6 cm³/mol. The number of nitrogens with one attached hydrogen (secondary N) is 2. The molecule has 1 aliphatic carbocycles. The van der Waals surface area contributed by atoms with Crippen LogP contribution in [0.4, 0.5) is 5.69 Å². The van der Waals surface area contributed by atoms with Crippen LogP contribution in [0.15, 0.2) is 24.3 Å². The molecule has 0 unspecified atom stereocenters. The van der Waals surface area contributed by atoms with E-state index in [1.54, 1.807) is 0 Å². The molecule has 2 amide bonds. The Morgan fingerprint density at radius 2 is 1.60 bits per heavy atom. The maximum absolute atomic E-state index is 11.9. The molecular weight excluding hydrogens is 314 g/mol. The van der Waals surface area contributed by atoms with Crippen molar-refractivity contribution >= 4 is 17.5 Å². The third-order valence-electron chi connectivity index (χ3n) is 5.25. The second-order valence-corrected chi connectivity index (χ2v) is 7.17. The number of rotatable bonds is 5. The van der Waals surface area contributed by atoms with E-state index in [0.717, 1.165) is 45.2 Å². The van der Waals surface area contributed by atoms with Gasteiger partial charge in [0.1, 0.15) is 0 Å². The molecule has 0 spiro atoms. The molecule has 1 aromatic carbocycles. The van der Waals surface area contributed by atoms with Crippen molar-refractivity contribution in [3.63, 3.8) is 0 Å². The molecule has 136 valence electrons. The average molecular weight is 343 g/mol. The number of hydrogen-bond donors (Lipinski definition) is 2. The maximum Gasteiger partial charge on any atom is 0.309 e. The predicted octanol–water partition coefficient (Wildman–Crippen LogP) is 2.39. The van der Waals surface area contributed by atoms with Crippen molar-refractivity contribution in [3.05, 3.63) is 29.8 Å². The summed E-state index contributed by atoms with van der Waals surface area (Å²) in [6, 6.07) is 8.74. The van der Waals surface area contributed by atoms with Gasteiger partial charge in [0, 0.05) is 31.4 Å². The SMILES string of the molecule is O=C(NCCc1ccc(N2CCCCC2)cc1)C(=O)NC1CCCC1. The summed E-state index contributed by atoms with van der Waals surface area (Å²) >= 11 is 0. The number of carbonyl (C=O) groups excluding carboxylic acids is 2. The van der Waals surface area contributed by atoms with Crippen LogP contribution in [0.2, 0.25) is 0 Å². The van der Waals surface area contributed by atoms with Crippen LogP contribution >= 0.6 is 0 Å². The van der Waals surface area contributed by atoms with E-state index in [4.69, 9.17) is 0 Å². The fourth-order valence-electron chi connectivity index (χ4n) is 3.75. The molecule has 1 heterocycles. The van der Waals surface area contributed by atoms with Crippen molar-refractivity contribution in [1.29, 1.82) is 0 Å². The molecular formula is C20H29N3O2. The summed E-state index contributed by atoms with van der Waals surface area (Å²) in [6.45, 7) is 2.77. The molecule has 1 aromatic rings. The number of piperidine rings is 1. The topological polar surface area (TPSA) is 61.4 Å². The first kappa shape index (κ1) is 17.8. The van der Waals surface area contributed by atoms with Gasteiger partial charge in [-0.05, 0) is 56.2 Å². The fourth-order valence-corrected chi connectivity index (χ4v) is 3.75. The van der Waals surface area contributed by atoms with Crippen LogP contribution in [-0.4, -0.2) is 37.5 Å². The zero-order valence-corrected chi connectivity index (χ0v) is 14.9. The van der Waals surface area contributed by atoms with E-state index < -0.39 is 11.8 Å². The van der Waals surface area contributed by atoms with Crippen LogP contribution in [0.25, 0.3) is 0 Å². The van der Waals surface area contributed by atoms with Crippen molar-refractivity contribution < 1.29 is 9.59 Å². The number of benzene rings is 1. The monoisotopic (exact) mass is 343 g/mol. The first-order valence-electron chi connectivity index (χ1n) is 9.65. The van der Waals surface area contributed by atoms with Crippen LogP contribution in [-0.2, 0) is 16.0 Å². The second-order valence-electron chi connectivity index (χ2n) is 7.17. The first-order valence-corrected chi connectivity index (χ1v) is 9.65. The minimum absolute atomic E-state index is 0.181. The molecule has 2 aliphatic rings. The Morgan fingerprint density at radius 1 is 0.920 bits per heavy atom. The van der Waals surface area contributed by atoms with Crippen molar-refractivity contribution in [2.24, 2.45) is 0 Å². The summed E-state index contributed by atoms with van der Waals surface area (Å²) in [6.07, 6.45) is 8.88. The molecule has 1 aliphatic heterocycles. The third-order valence-corrected chi connectivity index (χ3v) is 5.25. The lowest BCUT2D eigenvalue weighted by Gasteiger charge is -2.28. The number of carbonyl (C=O) groups is 2. The lowest BCUT2D eigenvalue weighted by molar-refractivity contribution is -0.139. The summed E-state index contributed by atoms with van der Waals surface area (Å²) in [5.74, 6) is -1.01. The van der Waals surface area contributed by atoms with Crippen LogP contribution < -0.4 is 15.5 Å². The fraction of sp³-hybridized carbons (Fsp3) is 0.600. The zero-order valence-electron chi connectivity index (χ0n) is 14.9. The smallest absolute Gasteiger partial charge is 0.309 e. The summed E-state index contributed by atoms with van der Waals surface area (Å²) < 4.78 is 0. The number of nitrogens with zero attached hydrogens (tertiary/aromatic N) is 1. The van der Waals surface area contributed by atoms with E-state index in [-0.39, 0.29) is 6.04 Å². The molecule has 25 heavy (non-hydrogen) atoms. The van der Waals surface area contributed by atoms with Crippen LogP contribution in [0.3, 0.4) is 0 Å². The van der Waals surface area contributed by atoms with Gasteiger partial charge in [-0.15, -0.1) is 0 Å². The zero-order chi connectivity index (χ0) is 17.5. The first-order chi connectivity index (χ1) is 12.2. The minimum atomic E-state index is -0.517. The molecule has 1 saturated carbocycles. The van der Waals surface area contributed by atoms with E-state index in [2.05, 4.69) is 39.8 Å². The van der Waals surface area contributed by atoms with E-state index in [9.17, 15) is 9.59 Å². The summed E-state index contributed by atoms with van der Waals surface area (Å²) in [5.41, 5.74) is 2.46. The van der Waals surface area contributed by atoms with Crippen LogP contribution in [0, 0.1) is 0 Å². The molecule has 2 fully saturated rings. The molecule has 5 nitrogen and oxygen atoms in total. The van der Waals surface area contributed by atoms with Gasteiger partial charge in [0.25, 0.3) is 0 Å². The van der Waals surface area contributed by atoms with Gasteiger partial charge in [-0.25, -0.2) is 0 Å². The maximum atomic E-state index is 11.9. The minimum Gasteiger partial charge on any atom is -0.372 e. The van der Waals surface area contributed by atoms with E-state index in [1.165, 1.54) is 30.5 Å². The highest BCUT2D eigenvalue weighted by molar-refractivity contribution is 6.35. The number of amides is 2. The number of hydrogen-bond acceptors (Lipinski definition) is 3. The van der Waals surface area contributed by atoms with Crippen molar-refractivity contribution in [2.75, 3.05) is 24.5 Å². The van der Waals surface area contributed by atoms with Crippen LogP contribution in [0.1, 0.15) is 50.5 Å². The van der Waals surface area contributed by atoms with Gasteiger partial charge in [0.2, 0.25) is 0 Å². The Balaban J connectivity index is 1.39. The Kier molecular flexibility index (Phi) is 6.31. The highest BCUT2D eigenvalue weighted by Crippen LogP contribution is 2.20. The van der Waals surface area contributed by atoms with Gasteiger partial charge in [0.15, 0.2) is 0 Å². The molecule has 0 atom stereocenters. The lowest BCUT2D eigenvalue weighted by Crippen LogP contribution is -2.44. The summed E-state index contributed by atoms with van der Waals surface area (Å²) in [7, 11) is 0. The Morgan fingerprint density at radius 3 is 2.28 bits per heavy atom. The van der Waals surface area contributed by atoms with Gasteiger partial charge in [-0.1, -0.05) is 25.0 Å². The third kappa shape index (κ3) is 5.21. The highest BCUT2D eigenvalue weighted by atomic mass is 16.2. The average Bonchev–Trinajstić information content (AvgIpc) is 3.16. The highest BCUT2D eigenvalue weighted by Gasteiger charge is 2.21. The van der Waals surface area contributed by atoms with E-state index in [1.807, 2.05) is 0 Å². The van der Waals surface area contributed by atoms with Gasteiger partial charge in [0.05, 0.1) is 0 Å². The molecule has 3 rings (SSSR count). The Labute approximate surface area is 150 Å². The van der Waals surface area contributed by atoms with Gasteiger partial charge < -0.3 is 15.5 Å². The molecule has 0 aromatic heterocycles. The molecule has 1 saturated heterocycles. The van der Waals surface area contributed by atoms with Crippen molar-refractivity contribution in [3.8, 4) is 0 Å². The number of anilines is 1. The van der Waals surface area contributed by atoms with Gasteiger partial charge >= 0.3 is 11.8 Å². The summed E-state index contributed by atoms with van der Waals surface area (Å²) in [4.78, 5) is 26.1. The van der Waals surface area contributed by atoms with Crippen molar-refractivity contribution in [1.82, 2.24) is 10.6 Å². The summed E-state index contributed by atoms with van der Waals surface area (Å²) in [5, 5.41) is 5.54. The largest absolute Gasteiger partial charge is 0.372 e. The lowest BCUT2D eigenvalue weighted by atomic mass is 10.1. The molecule has 0 radical (unpaired) electrons.